The van der Waals surface area contributed by atoms with Gasteiger partial charge in [0.05, 0.1) is 6.61 Å². The molecular formula is C17H23N3O5. The predicted octanol–water partition coefficient (Wildman–Crippen LogP) is 1.67. The van der Waals surface area contributed by atoms with Crippen LogP contribution in [-0.4, -0.2) is 48.8 Å². The van der Waals surface area contributed by atoms with Crippen LogP contribution in [-0.2, 0) is 14.3 Å². The van der Waals surface area contributed by atoms with Crippen LogP contribution in [0.1, 0.15) is 20.3 Å². The van der Waals surface area contributed by atoms with Crippen molar-refractivity contribution in [2.45, 2.75) is 26.3 Å². The number of benzene rings is 1. The SMILES string of the molecule is CC(C)CC(NC(=O)O)C(=O)Nc1ccc(N2CCOCC2=O)cc1. The smallest absolute Gasteiger partial charge is 0.405 e. The zero-order valence-corrected chi connectivity index (χ0v) is 14.3. The van der Waals surface area contributed by atoms with Crippen molar-refractivity contribution in [3.05, 3.63) is 24.3 Å². The molecule has 3 amide bonds. The third kappa shape index (κ3) is 5.46. The highest BCUT2D eigenvalue weighted by molar-refractivity contribution is 5.97. The van der Waals surface area contributed by atoms with Gasteiger partial charge in [-0.1, -0.05) is 13.8 Å². The van der Waals surface area contributed by atoms with Gasteiger partial charge in [0.1, 0.15) is 12.6 Å². The van der Waals surface area contributed by atoms with Crippen molar-refractivity contribution in [2.75, 3.05) is 30.0 Å². The number of morpholine rings is 1. The fourth-order valence-corrected chi connectivity index (χ4v) is 2.60. The maximum absolute atomic E-state index is 12.3. The summed E-state index contributed by atoms with van der Waals surface area (Å²) >= 11 is 0. The maximum Gasteiger partial charge on any atom is 0.405 e. The molecule has 1 atom stereocenters. The Bertz CT molecular complexity index is 630. The molecule has 1 aromatic carbocycles. The maximum atomic E-state index is 12.3. The Morgan fingerprint density at radius 2 is 1.96 bits per heavy atom. The van der Waals surface area contributed by atoms with Crippen LogP contribution in [0.2, 0.25) is 0 Å². The largest absolute Gasteiger partial charge is 0.465 e. The number of rotatable bonds is 6. The fourth-order valence-electron chi connectivity index (χ4n) is 2.60. The zero-order valence-electron chi connectivity index (χ0n) is 14.3. The molecule has 0 bridgehead atoms. The number of anilines is 2. The van der Waals surface area contributed by atoms with Crippen LogP contribution in [0.4, 0.5) is 16.2 Å². The Morgan fingerprint density at radius 1 is 1.28 bits per heavy atom. The lowest BCUT2D eigenvalue weighted by atomic mass is 10.0. The van der Waals surface area contributed by atoms with Crippen molar-refractivity contribution in [3.63, 3.8) is 0 Å². The summed E-state index contributed by atoms with van der Waals surface area (Å²) in [7, 11) is 0. The third-order valence-electron chi connectivity index (χ3n) is 3.75. The summed E-state index contributed by atoms with van der Waals surface area (Å²) in [6.07, 6.45) is -0.833. The monoisotopic (exact) mass is 349 g/mol. The standard InChI is InChI=1S/C17H23N3O5/c1-11(2)9-14(19-17(23)24)16(22)18-12-3-5-13(6-4-12)20-7-8-25-10-15(20)21/h3-6,11,14,19H,7-10H2,1-2H3,(H,18,22)(H,23,24). The molecule has 0 spiro atoms. The van der Waals surface area contributed by atoms with Crippen molar-refractivity contribution >= 4 is 29.3 Å². The van der Waals surface area contributed by atoms with Gasteiger partial charge in [-0.2, -0.15) is 0 Å². The predicted molar refractivity (Wildman–Crippen MR) is 92.6 cm³/mol. The molecule has 1 heterocycles. The van der Waals surface area contributed by atoms with Gasteiger partial charge in [-0.05, 0) is 36.6 Å². The summed E-state index contributed by atoms with van der Waals surface area (Å²) in [5.41, 5.74) is 1.27. The first kappa shape index (κ1) is 18.7. The molecule has 8 nitrogen and oxygen atoms in total. The van der Waals surface area contributed by atoms with Gasteiger partial charge in [0.15, 0.2) is 0 Å². The average Bonchev–Trinajstić information content (AvgIpc) is 2.55. The molecule has 1 aliphatic rings. The molecule has 1 fully saturated rings. The summed E-state index contributed by atoms with van der Waals surface area (Å²) < 4.78 is 5.10. The number of carboxylic acid groups (broad SMARTS) is 1. The molecule has 0 saturated carbocycles. The molecular weight excluding hydrogens is 326 g/mol. The minimum Gasteiger partial charge on any atom is -0.465 e. The van der Waals surface area contributed by atoms with Gasteiger partial charge in [-0.15, -0.1) is 0 Å². The zero-order chi connectivity index (χ0) is 18.4. The molecule has 0 aliphatic carbocycles. The topological polar surface area (TPSA) is 108 Å². The molecule has 136 valence electrons. The van der Waals surface area contributed by atoms with Crippen LogP contribution in [0.5, 0.6) is 0 Å². The van der Waals surface area contributed by atoms with Gasteiger partial charge in [-0.25, -0.2) is 4.79 Å². The van der Waals surface area contributed by atoms with E-state index in [1.807, 2.05) is 13.8 Å². The molecule has 1 saturated heterocycles. The normalized spacial score (nSPS) is 15.8. The molecule has 1 aromatic rings. The van der Waals surface area contributed by atoms with Gasteiger partial charge < -0.3 is 25.4 Å². The highest BCUT2D eigenvalue weighted by atomic mass is 16.5. The van der Waals surface area contributed by atoms with Gasteiger partial charge >= 0.3 is 6.09 Å². The molecule has 0 radical (unpaired) electrons. The van der Waals surface area contributed by atoms with E-state index in [-0.39, 0.29) is 18.4 Å². The molecule has 8 heteroatoms. The van der Waals surface area contributed by atoms with Crippen LogP contribution in [0.15, 0.2) is 24.3 Å². The second-order valence-corrected chi connectivity index (χ2v) is 6.27. The lowest BCUT2D eigenvalue weighted by Gasteiger charge is -2.27. The molecule has 0 aromatic heterocycles. The lowest BCUT2D eigenvalue weighted by molar-refractivity contribution is -0.125. The van der Waals surface area contributed by atoms with Crippen LogP contribution < -0.4 is 15.5 Å². The summed E-state index contributed by atoms with van der Waals surface area (Å²) in [6, 6.07) is 6.02. The van der Waals surface area contributed by atoms with Crippen LogP contribution in [0, 0.1) is 5.92 Å². The Labute approximate surface area is 146 Å². The van der Waals surface area contributed by atoms with E-state index < -0.39 is 18.0 Å². The Balaban J connectivity index is 2.02. The van der Waals surface area contributed by atoms with E-state index >= 15 is 0 Å². The average molecular weight is 349 g/mol. The van der Waals surface area contributed by atoms with Crippen LogP contribution >= 0.6 is 0 Å². The van der Waals surface area contributed by atoms with E-state index in [1.165, 1.54) is 0 Å². The number of carbonyl (C=O) groups excluding carboxylic acids is 2. The Kier molecular flexibility index (Phi) is 6.35. The van der Waals surface area contributed by atoms with E-state index in [0.717, 1.165) is 5.69 Å². The molecule has 3 N–H and O–H groups in total. The molecule has 25 heavy (non-hydrogen) atoms. The van der Waals surface area contributed by atoms with Crippen molar-refractivity contribution in [1.82, 2.24) is 5.32 Å². The highest BCUT2D eigenvalue weighted by Crippen LogP contribution is 2.20. The summed E-state index contributed by atoms with van der Waals surface area (Å²) in [6.45, 7) is 4.87. The number of ether oxygens (including phenoxy) is 1. The second-order valence-electron chi connectivity index (χ2n) is 6.27. The number of amides is 3. The molecule has 1 unspecified atom stereocenters. The Hall–Kier alpha value is -2.61. The first-order valence-electron chi connectivity index (χ1n) is 8.15. The van der Waals surface area contributed by atoms with Crippen molar-refractivity contribution in [3.8, 4) is 0 Å². The third-order valence-corrected chi connectivity index (χ3v) is 3.75. The van der Waals surface area contributed by atoms with Gasteiger partial charge in [0.25, 0.3) is 5.91 Å². The number of hydrogen-bond acceptors (Lipinski definition) is 4. The highest BCUT2D eigenvalue weighted by Gasteiger charge is 2.23. The summed E-state index contributed by atoms with van der Waals surface area (Å²) in [5, 5.41) is 13.8. The summed E-state index contributed by atoms with van der Waals surface area (Å²) in [4.78, 5) is 36.6. The van der Waals surface area contributed by atoms with E-state index in [0.29, 0.717) is 25.3 Å². The van der Waals surface area contributed by atoms with E-state index in [9.17, 15) is 14.4 Å². The first-order chi connectivity index (χ1) is 11.9. The van der Waals surface area contributed by atoms with Crippen molar-refractivity contribution < 1.29 is 24.2 Å². The van der Waals surface area contributed by atoms with E-state index in [2.05, 4.69) is 10.6 Å². The van der Waals surface area contributed by atoms with E-state index in [1.54, 1.807) is 29.2 Å². The fraction of sp³-hybridized carbons (Fsp3) is 0.471. The van der Waals surface area contributed by atoms with Crippen molar-refractivity contribution in [1.29, 1.82) is 0 Å². The second kappa shape index (κ2) is 8.48. The minimum absolute atomic E-state index is 0.0657. The molecule has 2 rings (SSSR count). The quantitative estimate of drug-likeness (QED) is 0.724. The number of carbonyl (C=O) groups is 3. The summed E-state index contributed by atoms with van der Waals surface area (Å²) in [5.74, 6) is -0.353. The number of hydrogen-bond donors (Lipinski definition) is 3. The van der Waals surface area contributed by atoms with E-state index in [4.69, 9.17) is 9.84 Å². The van der Waals surface area contributed by atoms with Gasteiger partial charge in [-0.3, -0.25) is 9.59 Å². The van der Waals surface area contributed by atoms with Crippen LogP contribution in [0.3, 0.4) is 0 Å². The van der Waals surface area contributed by atoms with Crippen LogP contribution in [0.25, 0.3) is 0 Å². The molecule has 1 aliphatic heterocycles. The van der Waals surface area contributed by atoms with Crippen molar-refractivity contribution in [2.24, 2.45) is 5.92 Å². The number of nitrogens with zero attached hydrogens (tertiary/aromatic N) is 1. The number of nitrogens with one attached hydrogen (secondary N) is 2. The lowest BCUT2D eigenvalue weighted by Crippen LogP contribution is -2.44. The van der Waals surface area contributed by atoms with Gasteiger partial charge in [0.2, 0.25) is 5.91 Å². The Morgan fingerprint density at radius 3 is 2.52 bits per heavy atom. The minimum atomic E-state index is -1.23. The first-order valence-corrected chi connectivity index (χ1v) is 8.15. The van der Waals surface area contributed by atoms with Gasteiger partial charge in [0, 0.05) is 17.9 Å².